The van der Waals surface area contributed by atoms with Gasteiger partial charge in [-0.3, -0.25) is 4.79 Å². The van der Waals surface area contributed by atoms with E-state index in [1.54, 1.807) is 0 Å². The molecule has 0 fully saturated rings. The average molecular weight is 216 g/mol. The highest BCUT2D eigenvalue weighted by Gasteiger charge is 2.05. The van der Waals surface area contributed by atoms with Crippen LogP contribution in [0.5, 0.6) is 0 Å². The summed E-state index contributed by atoms with van der Waals surface area (Å²) in [4.78, 5) is 11.8. The predicted molar refractivity (Wildman–Crippen MR) is 68.7 cm³/mol. The smallest absolute Gasteiger partial charge is 0.163 e. The molecule has 0 spiro atoms. The lowest BCUT2D eigenvalue weighted by molar-refractivity contribution is 0.0982. The van der Waals surface area contributed by atoms with Gasteiger partial charge in [-0.05, 0) is 19.3 Å². The zero-order chi connectivity index (χ0) is 11.8. The molecule has 0 aliphatic carbocycles. The molecule has 0 saturated carbocycles. The van der Waals surface area contributed by atoms with Crippen molar-refractivity contribution in [3.63, 3.8) is 0 Å². The Kier molecular flexibility index (Phi) is 5.55. The normalized spacial score (nSPS) is 10.1. The lowest BCUT2D eigenvalue weighted by atomic mass is 10.0. The molecule has 0 aliphatic heterocycles. The van der Waals surface area contributed by atoms with Gasteiger partial charge in [-0.25, -0.2) is 0 Å². The van der Waals surface area contributed by atoms with Gasteiger partial charge in [0.25, 0.3) is 0 Å². The molecule has 0 unspecified atom stereocenters. The summed E-state index contributed by atoms with van der Waals surface area (Å²) in [6.45, 7) is 6.17. The van der Waals surface area contributed by atoms with Crippen molar-refractivity contribution in [2.75, 3.05) is 0 Å². The van der Waals surface area contributed by atoms with E-state index in [4.69, 9.17) is 0 Å². The first-order valence-corrected chi connectivity index (χ1v) is 5.99. The van der Waals surface area contributed by atoms with Gasteiger partial charge in [-0.15, -0.1) is 0 Å². The standard InChI is InChI=1S/C15H20O/c1-3-4-8-13(2)11-12-15(16)14-9-6-5-7-10-14/h5-7,9-10H,2-4,8,11-12H2,1H3. The Hall–Kier alpha value is -1.37. The molecule has 1 nitrogen and oxygen atoms in total. The van der Waals surface area contributed by atoms with Crippen LogP contribution in [0.2, 0.25) is 0 Å². The number of hydrogen-bond donors (Lipinski definition) is 0. The third-order valence-electron chi connectivity index (χ3n) is 2.69. The third-order valence-corrected chi connectivity index (χ3v) is 2.69. The first-order chi connectivity index (χ1) is 7.74. The van der Waals surface area contributed by atoms with E-state index in [0.29, 0.717) is 6.42 Å². The molecule has 1 heteroatoms. The Bertz CT molecular complexity index is 338. The fraction of sp³-hybridized carbons (Fsp3) is 0.400. The van der Waals surface area contributed by atoms with Gasteiger partial charge in [0, 0.05) is 12.0 Å². The molecule has 1 aromatic rings. The summed E-state index contributed by atoms with van der Waals surface area (Å²) in [5, 5.41) is 0. The van der Waals surface area contributed by atoms with E-state index in [9.17, 15) is 4.79 Å². The Morgan fingerprint density at radius 3 is 2.44 bits per heavy atom. The Labute approximate surface area is 98.2 Å². The van der Waals surface area contributed by atoms with Crippen molar-refractivity contribution in [2.24, 2.45) is 0 Å². The minimum Gasteiger partial charge on any atom is -0.294 e. The molecule has 0 atom stereocenters. The van der Waals surface area contributed by atoms with E-state index >= 15 is 0 Å². The number of rotatable bonds is 7. The van der Waals surface area contributed by atoms with Crippen LogP contribution in [-0.4, -0.2) is 5.78 Å². The molecular weight excluding hydrogens is 196 g/mol. The maximum Gasteiger partial charge on any atom is 0.163 e. The van der Waals surface area contributed by atoms with Crippen molar-refractivity contribution < 1.29 is 4.79 Å². The van der Waals surface area contributed by atoms with Gasteiger partial charge < -0.3 is 0 Å². The summed E-state index contributed by atoms with van der Waals surface area (Å²) in [6, 6.07) is 9.48. The van der Waals surface area contributed by atoms with E-state index in [1.807, 2.05) is 30.3 Å². The second-order valence-corrected chi connectivity index (χ2v) is 4.14. The number of allylic oxidation sites excluding steroid dienone is 1. The summed E-state index contributed by atoms with van der Waals surface area (Å²) < 4.78 is 0. The number of carbonyl (C=O) groups excluding carboxylic acids is 1. The first kappa shape index (κ1) is 12.7. The Morgan fingerprint density at radius 1 is 1.12 bits per heavy atom. The number of benzene rings is 1. The van der Waals surface area contributed by atoms with Crippen LogP contribution >= 0.6 is 0 Å². The lowest BCUT2D eigenvalue weighted by Crippen LogP contribution is -1.99. The van der Waals surface area contributed by atoms with Crippen LogP contribution in [0.3, 0.4) is 0 Å². The van der Waals surface area contributed by atoms with Gasteiger partial charge in [0.2, 0.25) is 0 Å². The monoisotopic (exact) mass is 216 g/mol. The van der Waals surface area contributed by atoms with Crippen LogP contribution in [0, 0.1) is 0 Å². The molecule has 0 bridgehead atoms. The molecule has 0 aromatic heterocycles. The Morgan fingerprint density at radius 2 is 1.81 bits per heavy atom. The van der Waals surface area contributed by atoms with Gasteiger partial charge in [-0.2, -0.15) is 0 Å². The predicted octanol–water partition coefficient (Wildman–Crippen LogP) is 4.40. The summed E-state index contributed by atoms with van der Waals surface area (Å²) in [5.74, 6) is 0.221. The van der Waals surface area contributed by atoms with Gasteiger partial charge in [0.15, 0.2) is 5.78 Å². The first-order valence-electron chi connectivity index (χ1n) is 5.99. The molecule has 0 saturated heterocycles. The molecule has 0 amide bonds. The summed E-state index contributed by atoms with van der Waals surface area (Å²) in [6.07, 6.45) is 4.84. The van der Waals surface area contributed by atoms with Crippen LogP contribution in [0.25, 0.3) is 0 Å². The van der Waals surface area contributed by atoms with Crippen molar-refractivity contribution in [3.05, 3.63) is 48.0 Å². The van der Waals surface area contributed by atoms with Crippen molar-refractivity contribution in [1.29, 1.82) is 0 Å². The van der Waals surface area contributed by atoms with E-state index in [0.717, 1.165) is 18.4 Å². The second-order valence-electron chi connectivity index (χ2n) is 4.14. The quantitative estimate of drug-likeness (QED) is 0.488. The summed E-state index contributed by atoms with van der Waals surface area (Å²) in [7, 11) is 0. The average Bonchev–Trinajstić information content (AvgIpc) is 2.34. The van der Waals surface area contributed by atoms with Crippen LogP contribution in [0.1, 0.15) is 49.4 Å². The van der Waals surface area contributed by atoms with Crippen LogP contribution in [0.4, 0.5) is 0 Å². The molecule has 0 heterocycles. The molecular formula is C15H20O. The zero-order valence-electron chi connectivity index (χ0n) is 10.0. The molecule has 0 aliphatic rings. The van der Waals surface area contributed by atoms with Crippen molar-refractivity contribution in [1.82, 2.24) is 0 Å². The van der Waals surface area contributed by atoms with Crippen molar-refractivity contribution in [2.45, 2.75) is 39.0 Å². The highest BCUT2D eigenvalue weighted by molar-refractivity contribution is 5.96. The van der Waals surface area contributed by atoms with Crippen LogP contribution in [0.15, 0.2) is 42.5 Å². The number of ketones is 1. The van der Waals surface area contributed by atoms with Gasteiger partial charge in [0.05, 0.1) is 0 Å². The molecule has 16 heavy (non-hydrogen) atoms. The second kappa shape index (κ2) is 7.00. The molecule has 1 aromatic carbocycles. The summed E-state index contributed by atoms with van der Waals surface area (Å²) >= 11 is 0. The molecule has 1 rings (SSSR count). The maximum absolute atomic E-state index is 11.8. The molecule has 86 valence electrons. The minimum absolute atomic E-state index is 0.221. The molecule has 0 N–H and O–H groups in total. The zero-order valence-corrected chi connectivity index (χ0v) is 10.0. The topological polar surface area (TPSA) is 17.1 Å². The van der Waals surface area contributed by atoms with Gasteiger partial charge in [-0.1, -0.05) is 55.8 Å². The number of Topliss-reactive ketones (excluding diaryl/α,β-unsaturated/α-hetero) is 1. The lowest BCUT2D eigenvalue weighted by Gasteiger charge is -2.04. The largest absolute Gasteiger partial charge is 0.294 e. The van der Waals surface area contributed by atoms with Gasteiger partial charge >= 0.3 is 0 Å². The van der Waals surface area contributed by atoms with Crippen molar-refractivity contribution >= 4 is 5.78 Å². The summed E-state index contributed by atoms with van der Waals surface area (Å²) in [5.41, 5.74) is 2.01. The van der Waals surface area contributed by atoms with E-state index in [1.165, 1.54) is 18.4 Å². The maximum atomic E-state index is 11.8. The van der Waals surface area contributed by atoms with E-state index in [-0.39, 0.29) is 5.78 Å². The van der Waals surface area contributed by atoms with Crippen LogP contribution in [-0.2, 0) is 0 Å². The number of hydrogen-bond acceptors (Lipinski definition) is 1. The highest BCUT2D eigenvalue weighted by atomic mass is 16.1. The fourth-order valence-electron chi connectivity index (χ4n) is 1.61. The number of unbranched alkanes of at least 4 members (excludes halogenated alkanes) is 1. The SMILES string of the molecule is C=C(CCCC)CCC(=O)c1ccccc1. The van der Waals surface area contributed by atoms with Crippen LogP contribution < -0.4 is 0 Å². The Balaban J connectivity index is 2.33. The van der Waals surface area contributed by atoms with E-state index < -0.39 is 0 Å². The number of carbonyl (C=O) groups is 1. The third kappa shape index (κ3) is 4.43. The molecule has 0 radical (unpaired) electrons. The van der Waals surface area contributed by atoms with Gasteiger partial charge in [0.1, 0.15) is 0 Å². The highest BCUT2D eigenvalue weighted by Crippen LogP contribution is 2.13. The van der Waals surface area contributed by atoms with E-state index in [2.05, 4.69) is 13.5 Å². The fourth-order valence-corrected chi connectivity index (χ4v) is 1.61. The minimum atomic E-state index is 0.221. The van der Waals surface area contributed by atoms with Crippen molar-refractivity contribution in [3.8, 4) is 0 Å².